The summed E-state index contributed by atoms with van der Waals surface area (Å²) in [5.74, 6) is 0.558. The van der Waals surface area contributed by atoms with Crippen LogP contribution in [0.15, 0.2) is 46.9 Å². The maximum atomic E-state index is 13.6. The number of ether oxygens (including phenoxy) is 1. The number of hydrogen-bond donors (Lipinski definition) is 1. The van der Waals surface area contributed by atoms with Crippen LogP contribution in [0.2, 0.25) is 0 Å². The Morgan fingerprint density at radius 2 is 2.00 bits per heavy atom. The normalized spacial score (nSPS) is 12.6. The number of halogens is 1. The number of furan rings is 1. The van der Waals surface area contributed by atoms with Crippen LogP contribution in [-0.4, -0.2) is 12.2 Å². The zero-order valence-corrected chi connectivity index (χ0v) is 11.8. The molecule has 3 rings (SSSR count). The summed E-state index contributed by atoms with van der Waals surface area (Å²) < 4.78 is 24.3. The molecule has 0 radical (unpaired) electrons. The second-order valence-electron chi connectivity index (χ2n) is 4.94. The zero-order valence-electron chi connectivity index (χ0n) is 11.8. The van der Waals surface area contributed by atoms with Gasteiger partial charge in [0.05, 0.1) is 7.11 Å². The smallest absolute Gasteiger partial charge is 0.170 e. The molecule has 108 valence electrons. The molecular weight excluding hydrogens is 271 g/mol. The highest BCUT2D eigenvalue weighted by Gasteiger charge is 2.18. The van der Waals surface area contributed by atoms with Crippen molar-refractivity contribution in [3.8, 4) is 5.75 Å². The van der Waals surface area contributed by atoms with Gasteiger partial charge in [0.25, 0.3) is 0 Å². The Morgan fingerprint density at radius 3 is 2.71 bits per heavy atom. The third kappa shape index (κ3) is 2.38. The van der Waals surface area contributed by atoms with Crippen molar-refractivity contribution < 1.29 is 18.7 Å². The molecule has 1 heterocycles. The van der Waals surface area contributed by atoms with Crippen molar-refractivity contribution in [2.45, 2.75) is 13.0 Å². The van der Waals surface area contributed by atoms with Gasteiger partial charge < -0.3 is 14.3 Å². The fraction of sp³-hybridized carbons (Fsp3) is 0.176. The van der Waals surface area contributed by atoms with E-state index in [1.165, 1.54) is 6.07 Å². The van der Waals surface area contributed by atoms with E-state index >= 15 is 0 Å². The number of aliphatic hydroxyl groups is 1. The number of benzene rings is 2. The van der Waals surface area contributed by atoms with E-state index in [2.05, 4.69) is 0 Å². The molecule has 2 aromatic carbocycles. The van der Waals surface area contributed by atoms with Gasteiger partial charge >= 0.3 is 0 Å². The number of methoxy groups -OCH3 is 1. The quantitative estimate of drug-likeness (QED) is 0.792. The molecule has 0 fully saturated rings. The molecule has 0 spiro atoms. The molecule has 1 atom stereocenters. The van der Waals surface area contributed by atoms with Gasteiger partial charge in [-0.1, -0.05) is 24.3 Å². The molecular formula is C17H15FO3. The first-order valence-electron chi connectivity index (χ1n) is 6.60. The largest absolute Gasteiger partial charge is 0.496 e. The van der Waals surface area contributed by atoms with Crippen LogP contribution in [0.3, 0.4) is 0 Å². The highest BCUT2D eigenvalue weighted by atomic mass is 19.1. The number of rotatable bonds is 3. The number of aryl methyl sites for hydroxylation is 1. The highest BCUT2D eigenvalue weighted by Crippen LogP contribution is 2.31. The van der Waals surface area contributed by atoms with Crippen molar-refractivity contribution in [2.75, 3.05) is 7.11 Å². The predicted molar refractivity (Wildman–Crippen MR) is 78.0 cm³/mol. The van der Waals surface area contributed by atoms with Crippen LogP contribution in [-0.2, 0) is 0 Å². The van der Waals surface area contributed by atoms with Gasteiger partial charge in [0, 0.05) is 5.39 Å². The maximum absolute atomic E-state index is 13.6. The summed E-state index contributed by atoms with van der Waals surface area (Å²) in [6.07, 6.45) is -0.966. The second kappa shape index (κ2) is 5.22. The van der Waals surface area contributed by atoms with Crippen LogP contribution in [0.5, 0.6) is 5.75 Å². The van der Waals surface area contributed by atoms with E-state index in [0.717, 1.165) is 5.56 Å². The van der Waals surface area contributed by atoms with Crippen molar-refractivity contribution in [1.29, 1.82) is 0 Å². The molecule has 3 nitrogen and oxygen atoms in total. The molecule has 1 aromatic heterocycles. The average molecular weight is 286 g/mol. The summed E-state index contributed by atoms with van der Waals surface area (Å²) in [7, 11) is 1.58. The molecule has 4 heteroatoms. The molecule has 0 aliphatic rings. The van der Waals surface area contributed by atoms with Crippen LogP contribution in [0.25, 0.3) is 11.0 Å². The van der Waals surface area contributed by atoms with E-state index in [1.807, 2.05) is 13.0 Å². The SMILES string of the molecule is COc1cc(C(O)c2cc3cccc(F)c3o2)ccc1C. The Bertz CT molecular complexity index is 792. The maximum Gasteiger partial charge on any atom is 0.170 e. The minimum absolute atomic E-state index is 0.158. The van der Waals surface area contributed by atoms with Crippen LogP contribution in [0.4, 0.5) is 4.39 Å². The molecule has 0 aliphatic heterocycles. The van der Waals surface area contributed by atoms with Gasteiger partial charge in [-0.05, 0) is 36.2 Å². The molecule has 1 N–H and O–H groups in total. The van der Waals surface area contributed by atoms with E-state index in [1.54, 1.807) is 37.4 Å². The summed E-state index contributed by atoms with van der Waals surface area (Å²) in [5, 5.41) is 11.1. The lowest BCUT2D eigenvalue weighted by Gasteiger charge is -2.11. The summed E-state index contributed by atoms with van der Waals surface area (Å²) in [6.45, 7) is 1.92. The monoisotopic (exact) mass is 286 g/mol. The van der Waals surface area contributed by atoms with Crippen LogP contribution in [0, 0.1) is 12.7 Å². The fourth-order valence-corrected chi connectivity index (χ4v) is 2.35. The molecule has 0 bridgehead atoms. The van der Waals surface area contributed by atoms with E-state index in [4.69, 9.17) is 9.15 Å². The van der Waals surface area contributed by atoms with Crippen molar-refractivity contribution >= 4 is 11.0 Å². The Kier molecular flexibility index (Phi) is 3.39. The van der Waals surface area contributed by atoms with Crippen LogP contribution in [0.1, 0.15) is 23.0 Å². The summed E-state index contributed by atoms with van der Waals surface area (Å²) in [5.41, 5.74) is 1.77. The van der Waals surface area contributed by atoms with Gasteiger partial charge in [-0.3, -0.25) is 0 Å². The Balaban J connectivity index is 2.03. The van der Waals surface area contributed by atoms with E-state index in [0.29, 0.717) is 22.5 Å². The third-order valence-corrected chi connectivity index (χ3v) is 3.53. The van der Waals surface area contributed by atoms with E-state index in [-0.39, 0.29) is 5.58 Å². The Labute approximate surface area is 121 Å². The Morgan fingerprint density at radius 1 is 1.19 bits per heavy atom. The first-order valence-corrected chi connectivity index (χ1v) is 6.60. The summed E-state index contributed by atoms with van der Waals surface area (Å²) >= 11 is 0. The predicted octanol–water partition coefficient (Wildman–Crippen LogP) is 3.97. The van der Waals surface area contributed by atoms with Crippen molar-refractivity contribution in [3.63, 3.8) is 0 Å². The van der Waals surface area contributed by atoms with Crippen LogP contribution < -0.4 is 4.74 Å². The minimum Gasteiger partial charge on any atom is -0.496 e. The number of hydrogen-bond acceptors (Lipinski definition) is 3. The third-order valence-electron chi connectivity index (χ3n) is 3.53. The molecule has 0 saturated carbocycles. The molecule has 0 aliphatic carbocycles. The average Bonchev–Trinajstić information content (AvgIpc) is 2.92. The molecule has 3 aromatic rings. The summed E-state index contributed by atoms with van der Waals surface area (Å²) in [6, 6.07) is 11.7. The van der Waals surface area contributed by atoms with Gasteiger partial charge in [0.1, 0.15) is 17.6 Å². The minimum atomic E-state index is -0.966. The lowest BCUT2D eigenvalue weighted by molar-refractivity contribution is 0.191. The topological polar surface area (TPSA) is 42.6 Å². The van der Waals surface area contributed by atoms with Crippen molar-refractivity contribution in [1.82, 2.24) is 0 Å². The number of fused-ring (bicyclic) bond motifs is 1. The van der Waals surface area contributed by atoms with Crippen LogP contribution >= 0.6 is 0 Å². The molecule has 21 heavy (non-hydrogen) atoms. The lowest BCUT2D eigenvalue weighted by atomic mass is 10.0. The van der Waals surface area contributed by atoms with Gasteiger partial charge in [-0.15, -0.1) is 0 Å². The first kappa shape index (κ1) is 13.6. The number of para-hydroxylation sites is 1. The standard InChI is InChI=1S/C17H15FO3/c1-10-6-7-11(8-14(10)20-2)16(19)15-9-12-4-3-5-13(18)17(12)21-15/h3-9,16,19H,1-2H3. The second-order valence-corrected chi connectivity index (χ2v) is 4.94. The van der Waals surface area contributed by atoms with Gasteiger partial charge in [-0.2, -0.15) is 0 Å². The highest BCUT2D eigenvalue weighted by molar-refractivity contribution is 5.78. The van der Waals surface area contributed by atoms with Gasteiger partial charge in [0.2, 0.25) is 0 Å². The molecule has 1 unspecified atom stereocenters. The Hall–Kier alpha value is -2.33. The van der Waals surface area contributed by atoms with Crippen molar-refractivity contribution in [2.24, 2.45) is 0 Å². The van der Waals surface area contributed by atoms with E-state index in [9.17, 15) is 9.50 Å². The van der Waals surface area contributed by atoms with E-state index < -0.39 is 11.9 Å². The van der Waals surface area contributed by atoms with Gasteiger partial charge in [0.15, 0.2) is 11.4 Å². The van der Waals surface area contributed by atoms with Crippen molar-refractivity contribution in [3.05, 3.63) is 65.2 Å². The number of aliphatic hydroxyl groups excluding tert-OH is 1. The molecule has 0 saturated heterocycles. The zero-order chi connectivity index (χ0) is 15.0. The van der Waals surface area contributed by atoms with Gasteiger partial charge in [-0.25, -0.2) is 4.39 Å². The lowest BCUT2D eigenvalue weighted by Crippen LogP contribution is -1.99. The first-order chi connectivity index (χ1) is 10.1. The fourth-order valence-electron chi connectivity index (χ4n) is 2.35. The summed E-state index contributed by atoms with van der Waals surface area (Å²) in [4.78, 5) is 0. The molecule has 0 amide bonds.